The van der Waals surface area contributed by atoms with E-state index in [9.17, 15) is 4.79 Å². The Hall–Kier alpha value is -2.77. The Morgan fingerprint density at radius 3 is 2.77 bits per heavy atom. The van der Waals surface area contributed by atoms with Crippen LogP contribution in [0.1, 0.15) is 28.8 Å². The summed E-state index contributed by atoms with van der Waals surface area (Å²) >= 11 is 9.92. The number of furan rings is 1. The number of nitrogen functional groups attached to an aromatic ring is 1. The second kappa shape index (κ2) is 8.16. The fraction of sp³-hybridized carbons (Fsp3) is 0.182. The van der Waals surface area contributed by atoms with Crippen LogP contribution in [-0.2, 0) is 13.0 Å². The number of imidazole rings is 1. The molecule has 8 heteroatoms. The summed E-state index contributed by atoms with van der Waals surface area (Å²) < 4.78 is 8.76. The van der Waals surface area contributed by atoms with Gasteiger partial charge < -0.3 is 20.0 Å². The van der Waals surface area contributed by atoms with Gasteiger partial charge in [0.1, 0.15) is 17.1 Å². The lowest BCUT2D eigenvalue weighted by molar-refractivity contribution is 0.0954. The van der Waals surface area contributed by atoms with E-state index >= 15 is 0 Å². The lowest BCUT2D eigenvalue weighted by atomic mass is 10.1. The van der Waals surface area contributed by atoms with Crippen molar-refractivity contribution in [2.24, 2.45) is 0 Å². The molecule has 3 N–H and O–H groups in total. The summed E-state index contributed by atoms with van der Waals surface area (Å²) in [6.07, 6.45) is 0.659. The van der Waals surface area contributed by atoms with Crippen LogP contribution in [0.2, 0.25) is 5.15 Å². The summed E-state index contributed by atoms with van der Waals surface area (Å²) in [6, 6.07) is 13.5. The van der Waals surface area contributed by atoms with Crippen molar-refractivity contribution in [3.05, 3.63) is 69.2 Å². The highest BCUT2D eigenvalue weighted by atomic mass is 79.9. The van der Waals surface area contributed by atoms with Crippen LogP contribution in [0.5, 0.6) is 0 Å². The third-order valence-corrected chi connectivity index (χ3v) is 6.05. The molecule has 0 atom stereocenters. The van der Waals surface area contributed by atoms with Crippen molar-refractivity contribution in [3.63, 3.8) is 0 Å². The third-order valence-electron chi connectivity index (χ3n) is 5.00. The van der Waals surface area contributed by atoms with E-state index in [1.54, 1.807) is 7.05 Å². The summed E-state index contributed by atoms with van der Waals surface area (Å²) in [5, 5.41) is 3.77. The zero-order valence-electron chi connectivity index (χ0n) is 16.5. The molecule has 4 rings (SSSR count). The molecule has 154 valence electrons. The number of nitrogens with zero attached hydrogens (tertiary/aromatic N) is 2. The molecule has 0 saturated carbocycles. The Morgan fingerprint density at radius 1 is 1.30 bits per heavy atom. The lowest BCUT2D eigenvalue weighted by Crippen LogP contribution is -2.23. The molecule has 6 nitrogen and oxygen atoms in total. The maximum Gasteiger partial charge on any atom is 0.270 e. The molecule has 4 aromatic rings. The van der Waals surface area contributed by atoms with Crippen molar-refractivity contribution >= 4 is 50.1 Å². The molecule has 0 fully saturated rings. The Morgan fingerprint density at radius 2 is 2.07 bits per heavy atom. The van der Waals surface area contributed by atoms with Gasteiger partial charge in [-0.05, 0) is 45.8 Å². The minimum Gasteiger partial charge on any atom is -0.455 e. The first-order valence-electron chi connectivity index (χ1n) is 9.47. The van der Waals surface area contributed by atoms with Gasteiger partial charge in [-0.3, -0.25) is 4.79 Å². The minimum atomic E-state index is -0.264. The Bertz CT molecular complexity index is 1260. The second-order valence-corrected chi connectivity index (χ2v) is 8.00. The molecule has 2 aromatic heterocycles. The molecule has 2 aromatic carbocycles. The highest BCUT2D eigenvalue weighted by molar-refractivity contribution is 9.10. The van der Waals surface area contributed by atoms with E-state index in [0.717, 1.165) is 32.4 Å². The van der Waals surface area contributed by atoms with E-state index in [1.807, 2.05) is 54.0 Å². The maximum atomic E-state index is 12.3. The van der Waals surface area contributed by atoms with Gasteiger partial charge in [-0.15, -0.1) is 0 Å². The highest BCUT2D eigenvalue weighted by Crippen LogP contribution is 2.40. The lowest BCUT2D eigenvalue weighted by Gasteiger charge is -2.11. The van der Waals surface area contributed by atoms with Gasteiger partial charge in [0.05, 0.1) is 4.47 Å². The Kier molecular flexibility index (Phi) is 5.58. The van der Waals surface area contributed by atoms with E-state index in [2.05, 4.69) is 26.2 Å². The second-order valence-electron chi connectivity index (χ2n) is 6.85. The molecule has 0 aliphatic heterocycles. The van der Waals surface area contributed by atoms with E-state index in [1.165, 1.54) is 0 Å². The van der Waals surface area contributed by atoms with Gasteiger partial charge in [0, 0.05) is 36.7 Å². The average molecular weight is 488 g/mol. The van der Waals surface area contributed by atoms with Gasteiger partial charge in [0.2, 0.25) is 0 Å². The molecular formula is C22H20BrClN4O2. The number of aromatic nitrogens is 2. The number of nitrogens with one attached hydrogen (secondary N) is 1. The minimum absolute atomic E-state index is 0.207. The number of carbonyl (C=O) groups is 1. The number of fused-ring (bicyclic) bond motifs is 1. The number of hydrogen-bond acceptors (Lipinski definition) is 4. The zero-order valence-corrected chi connectivity index (χ0v) is 18.8. The predicted octanol–water partition coefficient (Wildman–Crippen LogP) is 5.26. The zero-order chi connectivity index (χ0) is 21.4. The van der Waals surface area contributed by atoms with Gasteiger partial charge in [-0.25, -0.2) is 4.98 Å². The first-order chi connectivity index (χ1) is 14.4. The number of halogens is 2. The van der Waals surface area contributed by atoms with Crippen LogP contribution < -0.4 is 11.1 Å². The van der Waals surface area contributed by atoms with Crippen LogP contribution in [-0.4, -0.2) is 22.5 Å². The molecule has 0 aliphatic carbocycles. The third kappa shape index (κ3) is 3.48. The number of carbonyl (C=O) groups excluding carboxylic acids is 1. The maximum absolute atomic E-state index is 12.3. The fourth-order valence-corrected chi connectivity index (χ4v) is 4.40. The van der Waals surface area contributed by atoms with E-state index in [-0.39, 0.29) is 11.1 Å². The summed E-state index contributed by atoms with van der Waals surface area (Å²) in [5.74, 6) is 1.17. The molecule has 0 aliphatic rings. The van der Waals surface area contributed by atoms with Crippen molar-refractivity contribution in [1.82, 2.24) is 14.9 Å². The van der Waals surface area contributed by atoms with Crippen LogP contribution in [0, 0.1) is 0 Å². The largest absolute Gasteiger partial charge is 0.455 e. The number of aryl methyl sites for hydroxylation is 1. The van der Waals surface area contributed by atoms with E-state index < -0.39 is 0 Å². The van der Waals surface area contributed by atoms with Crippen LogP contribution in [0.4, 0.5) is 5.69 Å². The summed E-state index contributed by atoms with van der Waals surface area (Å²) in [4.78, 5) is 16.7. The smallest absolute Gasteiger partial charge is 0.270 e. The standard InChI is InChI=1S/C22H20BrClN4O2/c1-3-17-27-21(24)19(22(29)26-2)28(17)11-12-8-9-16-14(10-12)18(23)20(30-16)13-6-4-5-7-15(13)25/h4-10H,3,11,25H2,1-2H3,(H,26,29). The molecule has 30 heavy (non-hydrogen) atoms. The number of amides is 1. The number of anilines is 1. The predicted molar refractivity (Wildman–Crippen MR) is 123 cm³/mol. The quantitative estimate of drug-likeness (QED) is 0.376. The molecule has 0 spiro atoms. The molecule has 0 unspecified atom stereocenters. The molecule has 2 heterocycles. The van der Waals surface area contributed by atoms with Gasteiger partial charge in [-0.2, -0.15) is 0 Å². The molecule has 1 amide bonds. The number of nitrogens with two attached hydrogens (primary N) is 1. The van der Waals surface area contributed by atoms with E-state index in [4.69, 9.17) is 21.8 Å². The van der Waals surface area contributed by atoms with Gasteiger partial charge >= 0.3 is 0 Å². The summed E-state index contributed by atoms with van der Waals surface area (Å²) in [7, 11) is 1.58. The molecule has 0 saturated heterocycles. The van der Waals surface area contributed by atoms with E-state index in [0.29, 0.717) is 30.1 Å². The SMILES string of the molecule is CCc1nc(Cl)c(C(=O)NC)n1Cc1ccc2oc(-c3ccccc3N)c(Br)c2c1. The van der Waals surface area contributed by atoms with Gasteiger partial charge in [0.25, 0.3) is 5.91 Å². The van der Waals surface area contributed by atoms with Crippen LogP contribution >= 0.6 is 27.5 Å². The van der Waals surface area contributed by atoms with Crippen LogP contribution in [0.25, 0.3) is 22.3 Å². The van der Waals surface area contributed by atoms with Crippen LogP contribution in [0.15, 0.2) is 51.4 Å². The number of rotatable bonds is 5. The fourth-order valence-electron chi connectivity index (χ4n) is 3.51. The summed E-state index contributed by atoms with van der Waals surface area (Å²) in [6.45, 7) is 2.44. The van der Waals surface area contributed by atoms with Gasteiger partial charge in [-0.1, -0.05) is 36.7 Å². The molecule has 0 radical (unpaired) electrons. The summed E-state index contributed by atoms with van der Waals surface area (Å²) in [5.41, 5.74) is 9.70. The van der Waals surface area contributed by atoms with Crippen molar-refractivity contribution < 1.29 is 9.21 Å². The van der Waals surface area contributed by atoms with Crippen molar-refractivity contribution in [2.75, 3.05) is 12.8 Å². The molecular weight excluding hydrogens is 468 g/mol. The van der Waals surface area contributed by atoms with Crippen molar-refractivity contribution in [3.8, 4) is 11.3 Å². The van der Waals surface area contributed by atoms with Crippen LogP contribution in [0.3, 0.4) is 0 Å². The first-order valence-corrected chi connectivity index (χ1v) is 10.6. The van der Waals surface area contributed by atoms with Crippen molar-refractivity contribution in [1.29, 1.82) is 0 Å². The molecule has 0 bridgehead atoms. The topological polar surface area (TPSA) is 86.1 Å². The Balaban J connectivity index is 1.78. The van der Waals surface area contributed by atoms with Crippen molar-refractivity contribution in [2.45, 2.75) is 19.9 Å². The monoisotopic (exact) mass is 486 g/mol. The average Bonchev–Trinajstić information content (AvgIpc) is 3.24. The highest BCUT2D eigenvalue weighted by Gasteiger charge is 2.21. The Labute approximate surface area is 187 Å². The number of hydrogen-bond donors (Lipinski definition) is 2. The number of para-hydroxylation sites is 1. The number of benzene rings is 2. The van der Waals surface area contributed by atoms with Gasteiger partial charge in [0.15, 0.2) is 10.9 Å². The normalized spacial score (nSPS) is 11.2. The first kappa shape index (κ1) is 20.5.